The minimum atomic E-state index is 0.116. The maximum atomic E-state index is 3.59. The maximum Gasteiger partial charge on any atom is 0.0502 e. The smallest absolute Gasteiger partial charge is 0.0502 e. The zero-order valence-electron chi connectivity index (χ0n) is 11.7. The molecule has 1 heteroatoms. The van der Waals surface area contributed by atoms with Crippen molar-refractivity contribution in [3.8, 4) is 11.3 Å². The third-order valence-electron chi connectivity index (χ3n) is 3.52. The van der Waals surface area contributed by atoms with Crippen LogP contribution in [-0.2, 0) is 5.41 Å². The van der Waals surface area contributed by atoms with E-state index in [2.05, 4.69) is 80.4 Å². The van der Waals surface area contributed by atoms with Crippen LogP contribution in [0.3, 0.4) is 0 Å². The van der Waals surface area contributed by atoms with Crippen LogP contribution in [0.2, 0.25) is 0 Å². The molecule has 0 unspecified atom stereocenters. The molecule has 0 bridgehead atoms. The zero-order valence-corrected chi connectivity index (χ0v) is 11.7. The van der Waals surface area contributed by atoms with Crippen LogP contribution in [0.4, 0.5) is 0 Å². The predicted molar refractivity (Wildman–Crippen MR) is 82.4 cm³/mol. The Morgan fingerprint density at radius 3 is 2.11 bits per heavy atom. The highest BCUT2D eigenvalue weighted by molar-refractivity contribution is 5.91. The average Bonchev–Trinajstić information content (AvgIpc) is 2.79. The molecular formula is C18H19N. The second-order valence-electron chi connectivity index (χ2n) is 6.04. The summed E-state index contributed by atoms with van der Waals surface area (Å²) in [6, 6.07) is 19.1. The van der Waals surface area contributed by atoms with Crippen molar-refractivity contribution in [3.05, 3.63) is 60.2 Å². The van der Waals surface area contributed by atoms with Gasteiger partial charge in [0.25, 0.3) is 0 Å². The fourth-order valence-corrected chi connectivity index (χ4v) is 2.74. The number of hydrogen-bond acceptors (Lipinski definition) is 0. The van der Waals surface area contributed by atoms with Gasteiger partial charge in [-0.05, 0) is 22.6 Å². The normalized spacial score (nSPS) is 11.9. The second-order valence-corrected chi connectivity index (χ2v) is 6.04. The van der Waals surface area contributed by atoms with Crippen LogP contribution in [0.25, 0.3) is 22.2 Å². The number of H-pyrrole nitrogens is 1. The van der Waals surface area contributed by atoms with Crippen LogP contribution in [0.5, 0.6) is 0 Å². The van der Waals surface area contributed by atoms with Gasteiger partial charge in [0.2, 0.25) is 0 Å². The number of fused-ring (bicyclic) bond motifs is 1. The monoisotopic (exact) mass is 249 g/mol. The van der Waals surface area contributed by atoms with Crippen molar-refractivity contribution in [1.29, 1.82) is 0 Å². The molecule has 1 nitrogen and oxygen atoms in total. The average molecular weight is 249 g/mol. The standard InChI is InChI=1S/C18H19N/c1-18(2,3)16-14-11-7-8-12-15(14)19-17(16)13-9-5-4-6-10-13/h4-12,19H,1-3H3. The molecule has 2 aromatic carbocycles. The van der Waals surface area contributed by atoms with Crippen molar-refractivity contribution in [2.24, 2.45) is 0 Å². The van der Waals surface area contributed by atoms with Crippen molar-refractivity contribution >= 4 is 10.9 Å². The fourth-order valence-electron chi connectivity index (χ4n) is 2.74. The fraction of sp³-hybridized carbons (Fsp3) is 0.222. The van der Waals surface area contributed by atoms with Gasteiger partial charge in [0, 0.05) is 10.9 Å². The van der Waals surface area contributed by atoms with Crippen LogP contribution >= 0.6 is 0 Å². The summed E-state index contributed by atoms with van der Waals surface area (Å²) in [5.74, 6) is 0. The maximum absolute atomic E-state index is 3.59. The SMILES string of the molecule is CC(C)(C)c1c(-c2ccccc2)[nH]c2ccccc12. The lowest BCUT2D eigenvalue weighted by Crippen LogP contribution is -2.11. The molecule has 0 spiro atoms. The Labute approximate surface area is 114 Å². The first-order valence-electron chi connectivity index (χ1n) is 6.74. The lowest BCUT2D eigenvalue weighted by Gasteiger charge is -2.20. The summed E-state index contributed by atoms with van der Waals surface area (Å²) in [6.07, 6.45) is 0. The third kappa shape index (κ3) is 2.06. The van der Waals surface area contributed by atoms with E-state index in [0.29, 0.717) is 0 Å². The minimum absolute atomic E-state index is 0.116. The van der Waals surface area contributed by atoms with Crippen molar-refractivity contribution in [3.63, 3.8) is 0 Å². The van der Waals surface area contributed by atoms with Crippen molar-refractivity contribution in [2.75, 3.05) is 0 Å². The number of para-hydroxylation sites is 1. The van der Waals surface area contributed by atoms with Crippen LogP contribution in [0.15, 0.2) is 54.6 Å². The molecule has 0 amide bonds. The van der Waals surface area contributed by atoms with Gasteiger partial charge in [-0.3, -0.25) is 0 Å². The number of benzene rings is 2. The lowest BCUT2D eigenvalue weighted by atomic mass is 9.83. The highest BCUT2D eigenvalue weighted by Gasteiger charge is 2.23. The van der Waals surface area contributed by atoms with Gasteiger partial charge in [-0.15, -0.1) is 0 Å². The Morgan fingerprint density at radius 2 is 1.42 bits per heavy atom. The second kappa shape index (κ2) is 4.27. The van der Waals surface area contributed by atoms with Crippen molar-refractivity contribution in [2.45, 2.75) is 26.2 Å². The van der Waals surface area contributed by atoms with E-state index in [1.54, 1.807) is 0 Å². The van der Waals surface area contributed by atoms with E-state index in [9.17, 15) is 0 Å². The summed E-state index contributed by atoms with van der Waals surface area (Å²) < 4.78 is 0. The summed E-state index contributed by atoms with van der Waals surface area (Å²) >= 11 is 0. The molecule has 0 atom stereocenters. The number of rotatable bonds is 1. The molecule has 0 radical (unpaired) electrons. The van der Waals surface area contributed by atoms with Gasteiger partial charge in [-0.1, -0.05) is 69.3 Å². The van der Waals surface area contributed by atoms with Gasteiger partial charge >= 0.3 is 0 Å². The highest BCUT2D eigenvalue weighted by Crippen LogP contribution is 2.38. The van der Waals surface area contributed by atoms with Crippen LogP contribution < -0.4 is 0 Å². The first-order valence-corrected chi connectivity index (χ1v) is 6.74. The predicted octanol–water partition coefficient (Wildman–Crippen LogP) is 5.13. The molecule has 19 heavy (non-hydrogen) atoms. The first kappa shape index (κ1) is 12.0. The molecule has 1 heterocycles. The van der Waals surface area contributed by atoms with Gasteiger partial charge in [0.1, 0.15) is 0 Å². The van der Waals surface area contributed by atoms with E-state index in [1.165, 1.54) is 27.7 Å². The number of aromatic amines is 1. The molecule has 0 saturated carbocycles. The summed E-state index contributed by atoms with van der Waals surface area (Å²) in [5, 5.41) is 1.33. The van der Waals surface area contributed by atoms with Gasteiger partial charge in [0.15, 0.2) is 0 Å². The lowest BCUT2D eigenvalue weighted by molar-refractivity contribution is 0.597. The van der Waals surface area contributed by atoms with Gasteiger partial charge < -0.3 is 4.98 Å². The van der Waals surface area contributed by atoms with Crippen LogP contribution in [0.1, 0.15) is 26.3 Å². The Bertz CT molecular complexity index is 699. The Hall–Kier alpha value is -2.02. The zero-order chi connectivity index (χ0) is 13.5. The molecule has 1 N–H and O–H groups in total. The quantitative estimate of drug-likeness (QED) is 0.615. The van der Waals surface area contributed by atoms with E-state index in [-0.39, 0.29) is 5.41 Å². The Kier molecular flexibility index (Phi) is 2.70. The molecule has 0 aliphatic rings. The highest BCUT2D eigenvalue weighted by atomic mass is 14.7. The molecule has 0 aliphatic heterocycles. The number of aromatic nitrogens is 1. The van der Waals surface area contributed by atoms with Crippen LogP contribution in [-0.4, -0.2) is 4.98 Å². The molecule has 0 aliphatic carbocycles. The Morgan fingerprint density at radius 1 is 0.789 bits per heavy atom. The molecule has 3 rings (SSSR count). The van der Waals surface area contributed by atoms with Crippen molar-refractivity contribution < 1.29 is 0 Å². The first-order chi connectivity index (χ1) is 9.07. The largest absolute Gasteiger partial charge is 0.354 e. The van der Waals surface area contributed by atoms with E-state index in [1.807, 2.05) is 0 Å². The minimum Gasteiger partial charge on any atom is -0.354 e. The molecule has 0 saturated heterocycles. The van der Waals surface area contributed by atoms with Gasteiger partial charge in [-0.25, -0.2) is 0 Å². The molecule has 0 fully saturated rings. The van der Waals surface area contributed by atoms with E-state index < -0.39 is 0 Å². The molecular weight excluding hydrogens is 230 g/mol. The number of nitrogens with one attached hydrogen (secondary N) is 1. The number of hydrogen-bond donors (Lipinski definition) is 1. The van der Waals surface area contributed by atoms with E-state index in [4.69, 9.17) is 0 Å². The molecule has 96 valence electrons. The molecule has 3 aromatic rings. The van der Waals surface area contributed by atoms with E-state index in [0.717, 1.165) is 0 Å². The summed E-state index contributed by atoms with van der Waals surface area (Å²) in [4.78, 5) is 3.59. The Balaban J connectivity index is 2.36. The topological polar surface area (TPSA) is 15.8 Å². The third-order valence-corrected chi connectivity index (χ3v) is 3.52. The van der Waals surface area contributed by atoms with Crippen molar-refractivity contribution in [1.82, 2.24) is 4.98 Å². The van der Waals surface area contributed by atoms with Gasteiger partial charge in [0.05, 0.1) is 5.69 Å². The van der Waals surface area contributed by atoms with Gasteiger partial charge in [-0.2, -0.15) is 0 Å². The van der Waals surface area contributed by atoms with E-state index >= 15 is 0 Å². The summed E-state index contributed by atoms with van der Waals surface area (Å²) in [6.45, 7) is 6.82. The summed E-state index contributed by atoms with van der Waals surface area (Å²) in [7, 11) is 0. The molecule has 1 aromatic heterocycles. The summed E-state index contributed by atoms with van der Waals surface area (Å²) in [5.41, 5.74) is 5.23. The van der Waals surface area contributed by atoms with Crippen LogP contribution in [0, 0.1) is 0 Å².